The van der Waals surface area contributed by atoms with Gasteiger partial charge < -0.3 is 16.4 Å². The zero-order chi connectivity index (χ0) is 15.6. The number of benzene rings is 2. The van der Waals surface area contributed by atoms with Crippen LogP contribution in [0.5, 0.6) is 0 Å². The van der Waals surface area contributed by atoms with Gasteiger partial charge in [-0.1, -0.05) is 41.4 Å². The zero-order valence-electron chi connectivity index (χ0n) is 12.1. The Bertz CT molecular complexity index is 685. The summed E-state index contributed by atoms with van der Waals surface area (Å²) in [5.74, 6) is -0.546. The molecule has 5 heteroatoms. The number of hydrogen-bond acceptors (Lipinski definition) is 3. The average Bonchev–Trinajstić information content (AvgIpc) is 2.37. The van der Waals surface area contributed by atoms with Gasteiger partial charge in [0, 0.05) is 19.3 Å². The highest BCUT2D eigenvalue weighted by Gasteiger charge is 2.17. The van der Waals surface area contributed by atoms with Gasteiger partial charge in [-0.3, -0.25) is 4.79 Å². The fourth-order valence-corrected chi connectivity index (χ4v) is 2.73. The molecule has 0 aliphatic heterocycles. The number of carbonyl (C=O) groups excluding carboxylic acids is 1. The van der Waals surface area contributed by atoms with Gasteiger partial charge in [-0.2, -0.15) is 0 Å². The third-order valence-electron chi connectivity index (χ3n) is 3.24. The van der Waals surface area contributed by atoms with Crippen LogP contribution in [0.1, 0.15) is 21.5 Å². The van der Waals surface area contributed by atoms with Gasteiger partial charge in [0.25, 0.3) is 5.91 Å². The summed E-state index contributed by atoms with van der Waals surface area (Å²) in [6.45, 7) is 2.65. The minimum absolute atomic E-state index is 0.329. The Labute approximate surface area is 129 Å². The van der Waals surface area contributed by atoms with Crippen LogP contribution in [0.25, 0.3) is 0 Å². The number of aryl methyl sites for hydroxylation is 1. The summed E-state index contributed by atoms with van der Waals surface area (Å²) in [5.41, 5.74) is 14.8. The Morgan fingerprint density at radius 1 is 1.29 bits per heavy atom. The van der Waals surface area contributed by atoms with Gasteiger partial charge in [-0.05, 0) is 24.6 Å². The minimum atomic E-state index is -0.546. The van der Waals surface area contributed by atoms with Crippen molar-refractivity contribution in [2.45, 2.75) is 13.5 Å². The van der Waals surface area contributed by atoms with E-state index in [0.29, 0.717) is 28.5 Å². The van der Waals surface area contributed by atoms with E-state index in [9.17, 15) is 4.79 Å². The topological polar surface area (TPSA) is 72.3 Å². The lowest BCUT2D eigenvalue weighted by Crippen LogP contribution is -2.22. The van der Waals surface area contributed by atoms with E-state index >= 15 is 0 Å². The van der Waals surface area contributed by atoms with Gasteiger partial charge in [0.05, 0.1) is 16.3 Å². The summed E-state index contributed by atoms with van der Waals surface area (Å²) in [4.78, 5) is 13.5. The summed E-state index contributed by atoms with van der Waals surface area (Å²) in [5, 5.41) is 0.416. The molecule has 0 heterocycles. The zero-order valence-corrected chi connectivity index (χ0v) is 12.8. The smallest absolute Gasteiger partial charge is 0.250 e. The normalized spacial score (nSPS) is 10.4. The molecule has 0 aliphatic carbocycles. The SMILES string of the molecule is Cc1cccc(CN(C)c2c(Cl)cc(N)cc2C(N)=O)c1. The molecular weight excluding hydrogens is 286 g/mol. The molecule has 0 bridgehead atoms. The van der Waals surface area contributed by atoms with Crippen molar-refractivity contribution < 1.29 is 4.79 Å². The molecule has 1 amide bonds. The molecular formula is C16H18ClN3O. The van der Waals surface area contributed by atoms with Crippen LogP contribution < -0.4 is 16.4 Å². The average molecular weight is 304 g/mol. The summed E-state index contributed by atoms with van der Waals surface area (Å²) >= 11 is 6.24. The van der Waals surface area contributed by atoms with Gasteiger partial charge in [0.1, 0.15) is 0 Å². The Balaban J connectivity index is 2.39. The third kappa shape index (κ3) is 3.47. The molecule has 0 radical (unpaired) electrons. The van der Waals surface area contributed by atoms with Crippen LogP contribution in [0, 0.1) is 6.92 Å². The number of rotatable bonds is 4. The van der Waals surface area contributed by atoms with E-state index < -0.39 is 5.91 Å². The number of nitrogens with zero attached hydrogens (tertiary/aromatic N) is 1. The molecule has 4 nitrogen and oxygen atoms in total. The highest BCUT2D eigenvalue weighted by molar-refractivity contribution is 6.34. The van der Waals surface area contributed by atoms with Gasteiger partial charge in [-0.25, -0.2) is 0 Å². The second kappa shape index (κ2) is 6.06. The number of halogens is 1. The van der Waals surface area contributed by atoms with E-state index in [1.807, 2.05) is 37.1 Å². The predicted octanol–water partition coefficient (Wildman–Crippen LogP) is 2.97. The summed E-state index contributed by atoms with van der Waals surface area (Å²) in [6, 6.07) is 11.3. The molecule has 0 aliphatic rings. The van der Waals surface area contributed by atoms with E-state index in [4.69, 9.17) is 23.1 Å². The molecule has 0 atom stereocenters. The number of amides is 1. The molecule has 2 rings (SSSR count). The van der Waals surface area contributed by atoms with Gasteiger partial charge >= 0.3 is 0 Å². The van der Waals surface area contributed by atoms with Crippen LogP contribution in [0.15, 0.2) is 36.4 Å². The second-order valence-corrected chi connectivity index (χ2v) is 5.52. The maximum atomic E-state index is 11.6. The van der Waals surface area contributed by atoms with Crippen LogP contribution in [0.3, 0.4) is 0 Å². The highest BCUT2D eigenvalue weighted by Crippen LogP contribution is 2.32. The largest absolute Gasteiger partial charge is 0.399 e. The van der Waals surface area contributed by atoms with Crippen LogP contribution in [-0.4, -0.2) is 13.0 Å². The van der Waals surface area contributed by atoms with Gasteiger partial charge in [0.15, 0.2) is 0 Å². The van der Waals surface area contributed by atoms with Gasteiger partial charge in [-0.15, -0.1) is 0 Å². The van der Waals surface area contributed by atoms with Crippen LogP contribution in [0.4, 0.5) is 11.4 Å². The molecule has 0 saturated heterocycles. The molecule has 2 aromatic carbocycles. The Morgan fingerprint density at radius 2 is 2.00 bits per heavy atom. The number of anilines is 2. The number of primary amides is 1. The molecule has 2 aromatic rings. The monoisotopic (exact) mass is 303 g/mol. The number of carbonyl (C=O) groups is 1. The van der Waals surface area contributed by atoms with Crippen molar-refractivity contribution in [1.82, 2.24) is 0 Å². The molecule has 0 spiro atoms. The summed E-state index contributed by atoms with van der Waals surface area (Å²) in [7, 11) is 1.87. The molecule has 0 unspecified atom stereocenters. The van der Waals surface area contributed by atoms with Crippen LogP contribution in [0.2, 0.25) is 5.02 Å². The van der Waals surface area contributed by atoms with Crippen molar-refractivity contribution in [3.8, 4) is 0 Å². The highest BCUT2D eigenvalue weighted by atomic mass is 35.5. The number of nitrogen functional groups attached to an aromatic ring is 1. The van der Waals surface area contributed by atoms with Crippen molar-refractivity contribution in [2.75, 3.05) is 17.7 Å². The Hall–Kier alpha value is -2.20. The molecule has 21 heavy (non-hydrogen) atoms. The molecule has 0 saturated carbocycles. The molecule has 110 valence electrons. The van der Waals surface area contributed by atoms with E-state index in [-0.39, 0.29) is 0 Å². The predicted molar refractivity (Wildman–Crippen MR) is 87.7 cm³/mol. The lowest BCUT2D eigenvalue weighted by molar-refractivity contribution is 0.100. The second-order valence-electron chi connectivity index (χ2n) is 5.11. The van der Waals surface area contributed by atoms with Crippen molar-refractivity contribution in [3.63, 3.8) is 0 Å². The van der Waals surface area contributed by atoms with Crippen LogP contribution >= 0.6 is 11.6 Å². The fourth-order valence-electron chi connectivity index (χ4n) is 2.36. The lowest BCUT2D eigenvalue weighted by Gasteiger charge is -2.23. The van der Waals surface area contributed by atoms with E-state index in [2.05, 4.69) is 6.07 Å². The van der Waals surface area contributed by atoms with E-state index in [1.54, 1.807) is 12.1 Å². The number of nitrogens with two attached hydrogens (primary N) is 2. The third-order valence-corrected chi connectivity index (χ3v) is 3.52. The lowest BCUT2D eigenvalue weighted by atomic mass is 10.1. The molecule has 4 N–H and O–H groups in total. The van der Waals surface area contributed by atoms with E-state index in [1.165, 1.54) is 5.56 Å². The summed E-state index contributed by atoms with van der Waals surface area (Å²) in [6.07, 6.45) is 0. The van der Waals surface area contributed by atoms with Crippen LogP contribution in [-0.2, 0) is 6.54 Å². The summed E-state index contributed by atoms with van der Waals surface area (Å²) < 4.78 is 0. The van der Waals surface area contributed by atoms with Crippen molar-refractivity contribution in [2.24, 2.45) is 5.73 Å². The van der Waals surface area contributed by atoms with Crippen molar-refractivity contribution in [1.29, 1.82) is 0 Å². The maximum Gasteiger partial charge on any atom is 0.250 e. The van der Waals surface area contributed by atoms with Gasteiger partial charge in [0.2, 0.25) is 0 Å². The van der Waals surface area contributed by atoms with Crippen molar-refractivity contribution in [3.05, 3.63) is 58.1 Å². The standard InChI is InChI=1S/C16H18ClN3O/c1-10-4-3-5-11(6-10)9-20(2)15-13(16(19)21)7-12(18)8-14(15)17/h3-8H,9,18H2,1-2H3,(H2,19,21). The van der Waals surface area contributed by atoms with Crippen molar-refractivity contribution >= 4 is 28.9 Å². The fraction of sp³-hybridized carbons (Fsp3) is 0.188. The maximum absolute atomic E-state index is 11.6. The van der Waals surface area contributed by atoms with E-state index in [0.717, 1.165) is 5.56 Å². The molecule has 0 fully saturated rings. The minimum Gasteiger partial charge on any atom is -0.399 e. The first kappa shape index (κ1) is 15.2. The first-order valence-electron chi connectivity index (χ1n) is 6.54. The Kier molecular flexibility index (Phi) is 4.38. The quantitative estimate of drug-likeness (QED) is 0.853. The molecule has 0 aromatic heterocycles. The first-order valence-corrected chi connectivity index (χ1v) is 6.92. The number of hydrogen-bond donors (Lipinski definition) is 2. The Morgan fingerprint density at radius 3 is 2.62 bits per heavy atom. The first-order chi connectivity index (χ1) is 9.88.